The van der Waals surface area contributed by atoms with Gasteiger partial charge >= 0.3 is 0 Å². The Balaban J connectivity index is 2.69. The zero-order valence-corrected chi connectivity index (χ0v) is 15.5. The molecule has 1 N–H and O–H groups in total. The lowest BCUT2D eigenvalue weighted by Gasteiger charge is -2.20. The summed E-state index contributed by atoms with van der Waals surface area (Å²) >= 11 is 0. The summed E-state index contributed by atoms with van der Waals surface area (Å²) in [6, 6.07) is 6.43. The van der Waals surface area contributed by atoms with Crippen LogP contribution in [0.15, 0.2) is 24.3 Å². The molecule has 6 heteroatoms. The zero-order valence-electron chi connectivity index (χ0n) is 14.7. The Morgan fingerprint density at radius 3 is 1.79 bits per heavy atom. The van der Waals surface area contributed by atoms with Crippen molar-refractivity contribution in [3.8, 4) is 0 Å². The van der Waals surface area contributed by atoms with Crippen LogP contribution in [-0.2, 0) is 10.1 Å². The van der Waals surface area contributed by atoms with E-state index >= 15 is 0 Å². The molecule has 24 heavy (non-hydrogen) atoms. The topological polar surface area (TPSA) is 88.5 Å². The molecule has 0 aliphatic heterocycles. The maximum Gasteiger partial charge on any atom is 0.270 e. The molecule has 0 radical (unpaired) electrons. The van der Waals surface area contributed by atoms with Crippen LogP contribution in [0.5, 0.6) is 0 Å². The van der Waals surface area contributed by atoms with Crippen molar-refractivity contribution in [2.24, 2.45) is 5.92 Å². The summed E-state index contributed by atoms with van der Waals surface area (Å²) in [4.78, 5) is 24.2. The third-order valence-electron chi connectivity index (χ3n) is 4.13. The van der Waals surface area contributed by atoms with Crippen LogP contribution >= 0.6 is 0 Å². The predicted molar refractivity (Wildman–Crippen MR) is 94.0 cm³/mol. The van der Waals surface area contributed by atoms with Gasteiger partial charge in [-0.3, -0.25) is 14.1 Å². The summed E-state index contributed by atoms with van der Waals surface area (Å²) < 4.78 is 30.2. The number of rotatable bonds is 9. The maximum absolute atomic E-state index is 12.2. The molecule has 5 nitrogen and oxygen atoms in total. The molecule has 0 saturated carbocycles. The van der Waals surface area contributed by atoms with E-state index in [1.807, 2.05) is 0 Å². The van der Waals surface area contributed by atoms with Crippen LogP contribution in [0.25, 0.3) is 0 Å². The molecule has 0 saturated heterocycles. The lowest BCUT2D eigenvalue weighted by atomic mass is 9.97. The highest BCUT2D eigenvalue weighted by Crippen LogP contribution is 2.23. The Bertz CT molecular complexity index is 685. The Morgan fingerprint density at radius 2 is 1.42 bits per heavy atom. The van der Waals surface area contributed by atoms with Gasteiger partial charge in [-0.25, -0.2) is 0 Å². The highest BCUT2D eigenvalue weighted by Gasteiger charge is 2.32. The van der Waals surface area contributed by atoms with Gasteiger partial charge in [-0.2, -0.15) is 8.42 Å². The molecule has 0 fully saturated rings. The monoisotopic (exact) mass is 354 g/mol. The molecule has 0 unspecified atom stereocenters. The van der Waals surface area contributed by atoms with Gasteiger partial charge in [0.25, 0.3) is 10.1 Å². The van der Waals surface area contributed by atoms with Crippen LogP contribution in [0.1, 0.15) is 74.1 Å². The normalized spacial score (nSPS) is 12.4. The van der Waals surface area contributed by atoms with Crippen molar-refractivity contribution >= 4 is 21.7 Å². The third-order valence-corrected chi connectivity index (χ3v) is 5.73. The average Bonchev–Trinajstić information content (AvgIpc) is 2.49. The quantitative estimate of drug-likeness (QED) is 0.536. The maximum atomic E-state index is 12.2. The first-order valence-electron chi connectivity index (χ1n) is 8.07. The molecule has 0 heterocycles. The highest BCUT2D eigenvalue weighted by atomic mass is 32.2. The fourth-order valence-corrected chi connectivity index (χ4v) is 2.45. The van der Waals surface area contributed by atoms with Crippen LogP contribution in [0, 0.1) is 5.92 Å². The molecule has 1 rings (SSSR count). The van der Waals surface area contributed by atoms with Crippen LogP contribution < -0.4 is 0 Å². The predicted octanol–water partition coefficient (Wildman–Crippen LogP) is 3.93. The van der Waals surface area contributed by atoms with E-state index in [1.54, 1.807) is 24.3 Å². The van der Waals surface area contributed by atoms with Crippen molar-refractivity contribution in [1.82, 2.24) is 0 Å². The van der Waals surface area contributed by atoms with Crippen molar-refractivity contribution in [3.05, 3.63) is 35.4 Å². The Hall–Kier alpha value is -1.53. The summed E-state index contributed by atoms with van der Waals surface area (Å²) in [5, 5.41) is 0. The molecule has 1 aromatic rings. The van der Waals surface area contributed by atoms with Crippen molar-refractivity contribution in [2.45, 2.75) is 58.1 Å². The van der Waals surface area contributed by atoms with Gasteiger partial charge in [0.15, 0.2) is 11.6 Å². The molecule has 0 amide bonds. The summed E-state index contributed by atoms with van der Waals surface area (Å²) in [7, 11) is -4.21. The number of carbonyl (C=O) groups is 2. The minimum Gasteiger partial charge on any atom is -0.294 e. The first kappa shape index (κ1) is 20.5. The Morgan fingerprint density at radius 1 is 1.00 bits per heavy atom. The van der Waals surface area contributed by atoms with E-state index in [9.17, 15) is 18.0 Å². The summed E-state index contributed by atoms with van der Waals surface area (Å²) in [6.07, 6.45) is 1.34. The zero-order chi connectivity index (χ0) is 18.5. The number of ketones is 2. The van der Waals surface area contributed by atoms with E-state index in [0.717, 1.165) is 6.42 Å². The molecule has 0 aliphatic carbocycles. The molecule has 0 aromatic heterocycles. The fourth-order valence-electron chi connectivity index (χ4n) is 2.09. The first-order chi connectivity index (χ1) is 10.9. The summed E-state index contributed by atoms with van der Waals surface area (Å²) in [6.45, 7) is 6.88. The van der Waals surface area contributed by atoms with Crippen LogP contribution in [0.3, 0.4) is 0 Å². The van der Waals surface area contributed by atoms with Crippen molar-refractivity contribution < 1.29 is 22.6 Å². The molecule has 0 atom stereocenters. The second-order valence-electron chi connectivity index (χ2n) is 7.09. The van der Waals surface area contributed by atoms with E-state index in [4.69, 9.17) is 4.55 Å². The van der Waals surface area contributed by atoms with Gasteiger partial charge in [-0.1, -0.05) is 38.1 Å². The SMILES string of the molecule is CC(C)CCC(=O)c1ccc(C(=O)CCC(C)(C)S(=O)(=O)O)cc1. The minimum atomic E-state index is -4.21. The van der Waals surface area contributed by atoms with Gasteiger partial charge in [-0.05, 0) is 32.6 Å². The third kappa shape index (κ3) is 5.83. The number of carbonyl (C=O) groups excluding carboxylic acids is 2. The molecule has 0 spiro atoms. The second kappa shape index (κ2) is 8.03. The minimum absolute atomic E-state index is 0.00737. The number of hydrogen-bond donors (Lipinski definition) is 1. The lowest BCUT2D eigenvalue weighted by molar-refractivity contribution is 0.0964. The average molecular weight is 354 g/mol. The van der Waals surface area contributed by atoms with Crippen LogP contribution in [0.2, 0.25) is 0 Å². The first-order valence-corrected chi connectivity index (χ1v) is 9.51. The molecular formula is C18H26O5S. The van der Waals surface area contributed by atoms with E-state index < -0.39 is 14.9 Å². The lowest BCUT2D eigenvalue weighted by Crippen LogP contribution is -2.31. The number of Topliss-reactive ketones (excluding diaryl/α,β-unsaturated/α-hetero) is 2. The van der Waals surface area contributed by atoms with Gasteiger partial charge < -0.3 is 0 Å². The van der Waals surface area contributed by atoms with Gasteiger partial charge in [-0.15, -0.1) is 0 Å². The molecule has 0 aliphatic rings. The second-order valence-corrected chi connectivity index (χ2v) is 9.15. The molecular weight excluding hydrogens is 328 g/mol. The number of benzene rings is 1. The molecule has 1 aromatic carbocycles. The van der Waals surface area contributed by atoms with Crippen molar-refractivity contribution in [1.29, 1.82) is 0 Å². The van der Waals surface area contributed by atoms with Crippen molar-refractivity contribution in [2.75, 3.05) is 0 Å². The smallest absolute Gasteiger partial charge is 0.270 e. The standard InChI is InChI=1S/C18H26O5S/c1-13(2)5-10-16(19)14-6-8-15(9-7-14)17(20)11-12-18(3,4)24(21,22)23/h6-9,13H,5,10-12H2,1-4H3,(H,21,22,23). The Kier molecular flexibility index (Phi) is 6.86. The highest BCUT2D eigenvalue weighted by molar-refractivity contribution is 7.87. The molecule has 134 valence electrons. The van der Waals surface area contributed by atoms with E-state index in [2.05, 4.69) is 13.8 Å². The van der Waals surface area contributed by atoms with E-state index in [1.165, 1.54) is 13.8 Å². The number of hydrogen-bond acceptors (Lipinski definition) is 4. The van der Waals surface area contributed by atoms with Crippen LogP contribution in [0.4, 0.5) is 0 Å². The van der Waals surface area contributed by atoms with Gasteiger partial charge in [0, 0.05) is 24.0 Å². The Labute approximate surface area is 144 Å². The summed E-state index contributed by atoms with van der Waals surface area (Å²) in [5.74, 6) is 0.295. The van der Waals surface area contributed by atoms with Gasteiger partial charge in [0.05, 0.1) is 4.75 Å². The van der Waals surface area contributed by atoms with E-state index in [0.29, 0.717) is 23.5 Å². The van der Waals surface area contributed by atoms with Gasteiger partial charge in [0.1, 0.15) is 0 Å². The molecule has 0 bridgehead atoms. The largest absolute Gasteiger partial charge is 0.294 e. The van der Waals surface area contributed by atoms with Gasteiger partial charge in [0.2, 0.25) is 0 Å². The van der Waals surface area contributed by atoms with E-state index in [-0.39, 0.29) is 24.4 Å². The van der Waals surface area contributed by atoms with Crippen LogP contribution in [-0.4, -0.2) is 29.3 Å². The van der Waals surface area contributed by atoms with Crippen molar-refractivity contribution in [3.63, 3.8) is 0 Å². The fraction of sp³-hybridized carbons (Fsp3) is 0.556. The summed E-state index contributed by atoms with van der Waals surface area (Å²) in [5.41, 5.74) is 1.01.